The number of hydrogen-bond acceptors (Lipinski definition) is 4. The summed E-state index contributed by atoms with van der Waals surface area (Å²) < 4.78 is 27.7. The van der Waals surface area contributed by atoms with Crippen LogP contribution in [0.1, 0.15) is 13.3 Å². The molecule has 1 aromatic heterocycles. The van der Waals surface area contributed by atoms with Gasteiger partial charge in [0, 0.05) is 32.4 Å². The van der Waals surface area contributed by atoms with E-state index in [1.807, 2.05) is 0 Å². The molecule has 0 bridgehead atoms. The summed E-state index contributed by atoms with van der Waals surface area (Å²) in [6.45, 7) is 1.77. The molecule has 1 heterocycles. The molecular weight excluding hydrogens is 271 g/mol. The number of hydrogen-bond donors (Lipinski definition) is 0. The zero-order chi connectivity index (χ0) is 9.03. The molecule has 0 atom stereocenters. The smallest absolute Gasteiger partial charge is 0.286 e. The van der Waals surface area contributed by atoms with Crippen molar-refractivity contribution in [3.63, 3.8) is 0 Å². The fraction of sp³-hybridized carbons (Fsp3) is 0.500. The first-order valence-electron chi connectivity index (χ1n) is 3.54. The maximum Gasteiger partial charge on any atom is 0.327 e. The molecule has 7 heteroatoms. The van der Waals surface area contributed by atoms with Crippen LogP contribution in [0.25, 0.3) is 0 Å². The van der Waals surface area contributed by atoms with Gasteiger partial charge in [-0.2, -0.15) is 13.1 Å². The van der Waals surface area contributed by atoms with Crippen LogP contribution < -0.4 is 4.28 Å². The zero-order valence-electron chi connectivity index (χ0n) is 7.17. The van der Waals surface area contributed by atoms with Gasteiger partial charge in [0.25, 0.3) is 0 Å². The third-order valence-electron chi connectivity index (χ3n) is 1.13. The zero-order valence-corrected chi connectivity index (χ0v) is 10.4. The molecule has 1 aromatic rings. The molecule has 0 N–H and O–H groups in total. The molecular formula is C6H10N2O3SZr. The standard InChI is InChI=1S/C6H10N2O3S.Zr/c1-2-5-12(9,10)11-8-4-3-7-6-8;/h3-4,6H,2,5H2,1H3;. The average molecular weight is 281 g/mol. The Labute approximate surface area is 96.3 Å². The Hall–Kier alpha value is -0.157. The Morgan fingerprint density at radius 1 is 1.54 bits per heavy atom. The second-order valence-corrected chi connectivity index (χ2v) is 3.93. The summed E-state index contributed by atoms with van der Waals surface area (Å²) in [5, 5.41) is 0. The van der Waals surface area contributed by atoms with Crippen molar-refractivity contribution in [3.8, 4) is 0 Å². The second kappa shape index (κ2) is 5.55. The Kier molecular flexibility index (Phi) is 5.48. The Morgan fingerprint density at radius 3 is 2.69 bits per heavy atom. The SMILES string of the molecule is CCCS(=O)(=O)On1ccnc1.[Zr]. The molecule has 0 aliphatic rings. The van der Waals surface area contributed by atoms with E-state index >= 15 is 0 Å². The third kappa shape index (κ3) is 4.57. The predicted octanol–water partition coefficient (Wildman–Crippen LogP) is 0.0490. The molecule has 5 nitrogen and oxygen atoms in total. The van der Waals surface area contributed by atoms with E-state index in [4.69, 9.17) is 0 Å². The van der Waals surface area contributed by atoms with Gasteiger partial charge in [-0.05, 0) is 6.42 Å². The molecule has 0 aliphatic heterocycles. The minimum atomic E-state index is -3.43. The molecule has 0 aromatic carbocycles. The third-order valence-corrected chi connectivity index (χ3v) is 2.44. The number of aromatic nitrogens is 2. The first-order chi connectivity index (χ1) is 5.64. The summed E-state index contributed by atoms with van der Waals surface area (Å²) in [6, 6.07) is 0. The summed E-state index contributed by atoms with van der Waals surface area (Å²) >= 11 is 0. The molecule has 0 aliphatic carbocycles. The van der Waals surface area contributed by atoms with Gasteiger partial charge in [-0.25, -0.2) is 4.98 Å². The van der Waals surface area contributed by atoms with Gasteiger partial charge in [-0.3, -0.25) is 4.28 Å². The normalized spacial score (nSPS) is 10.5. The molecule has 13 heavy (non-hydrogen) atoms. The Morgan fingerprint density at radius 2 is 2.23 bits per heavy atom. The van der Waals surface area contributed by atoms with E-state index in [9.17, 15) is 8.42 Å². The van der Waals surface area contributed by atoms with Crippen LogP contribution in [0.2, 0.25) is 0 Å². The van der Waals surface area contributed by atoms with Crippen LogP contribution in [0.4, 0.5) is 0 Å². The van der Waals surface area contributed by atoms with Crippen molar-refractivity contribution < 1.29 is 38.9 Å². The van der Waals surface area contributed by atoms with Crippen LogP contribution in [0.15, 0.2) is 18.7 Å². The van der Waals surface area contributed by atoms with Crippen LogP contribution in [0, 0.1) is 0 Å². The molecule has 0 saturated carbocycles. The molecule has 0 unspecified atom stereocenters. The van der Waals surface area contributed by atoms with Crippen molar-refractivity contribution >= 4 is 10.1 Å². The van der Waals surface area contributed by atoms with Gasteiger partial charge >= 0.3 is 10.1 Å². The van der Waals surface area contributed by atoms with E-state index < -0.39 is 10.1 Å². The predicted molar refractivity (Wildman–Crippen MR) is 42.9 cm³/mol. The van der Waals surface area contributed by atoms with Crippen molar-refractivity contribution in [1.82, 2.24) is 9.71 Å². The maximum atomic E-state index is 11.0. The quantitative estimate of drug-likeness (QED) is 0.782. The van der Waals surface area contributed by atoms with Crippen molar-refractivity contribution in [2.75, 3.05) is 5.75 Å². The average Bonchev–Trinajstić information content (AvgIpc) is 2.38. The van der Waals surface area contributed by atoms with Crippen LogP contribution in [0.3, 0.4) is 0 Å². The summed E-state index contributed by atoms with van der Waals surface area (Å²) in [5.74, 6) is 0.0190. The van der Waals surface area contributed by atoms with Crippen molar-refractivity contribution in [1.29, 1.82) is 0 Å². The first-order valence-corrected chi connectivity index (χ1v) is 5.12. The first kappa shape index (κ1) is 12.8. The molecule has 0 amide bonds. The minimum Gasteiger partial charge on any atom is -0.286 e. The summed E-state index contributed by atoms with van der Waals surface area (Å²) in [5.41, 5.74) is 0. The monoisotopic (exact) mass is 280 g/mol. The van der Waals surface area contributed by atoms with Gasteiger partial charge in [0.15, 0.2) is 0 Å². The molecule has 0 fully saturated rings. The number of rotatable bonds is 4. The van der Waals surface area contributed by atoms with E-state index in [0.717, 1.165) is 4.73 Å². The van der Waals surface area contributed by atoms with E-state index in [2.05, 4.69) is 9.27 Å². The Bertz CT molecular complexity index is 322. The van der Waals surface area contributed by atoms with Gasteiger partial charge in [-0.15, -0.1) is 0 Å². The summed E-state index contributed by atoms with van der Waals surface area (Å²) in [7, 11) is -3.43. The van der Waals surface area contributed by atoms with Crippen molar-refractivity contribution in [2.45, 2.75) is 13.3 Å². The fourth-order valence-electron chi connectivity index (χ4n) is 0.709. The second-order valence-electron chi connectivity index (χ2n) is 2.26. The molecule has 1 rings (SSSR count). The van der Waals surface area contributed by atoms with Crippen molar-refractivity contribution in [2.24, 2.45) is 0 Å². The van der Waals surface area contributed by atoms with E-state index in [-0.39, 0.29) is 32.0 Å². The molecule has 0 saturated heterocycles. The van der Waals surface area contributed by atoms with Gasteiger partial charge < -0.3 is 0 Å². The van der Waals surface area contributed by atoms with Crippen LogP contribution in [0.5, 0.6) is 0 Å². The van der Waals surface area contributed by atoms with E-state index in [1.54, 1.807) is 6.92 Å². The topological polar surface area (TPSA) is 61.2 Å². The number of nitrogens with zero attached hydrogens (tertiary/aromatic N) is 2. The van der Waals surface area contributed by atoms with Crippen LogP contribution in [-0.4, -0.2) is 23.9 Å². The van der Waals surface area contributed by atoms with Gasteiger partial charge in [0.2, 0.25) is 0 Å². The summed E-state index contributed by atoms with van der Waals surface area (Å²) in [6.07, 6.45) is 4.69. The van der Waals surface area contributed by atoms with Gasteiger partial charge in [0.05, 0.1) is 11.9 Å². The van der Waals surface area contributed by atoms with Crippen molar-refractivity contribution in [3.05, 3.63) is 18.7 Å². The molecule has 72 valence electrons. The molecule has 0 spiro atoms. The minimum absolute atomic E-state index is 0. The van der Waals surface area contributed by atoms with Crippen LogP contribution in [-0.2, 0) is 36.3 Å². The van der Waals surface area contributed by atoms with Gasteiger partial charge in [-0.1, -0.05) is 6.92 Å². The summed E-state index contributed by atoms with van der Waals surface area (Å²) in [4.78, 5) is 3.64. The largest absolute Gasteiger partial charge is 0.327 e. The van der Waals surface area contributed by atoms with Gasteiger partial charge in [0.1, 0.15) is 6.33 Å². The van der Waals surface area contributed by atoms with E-state index in [1.165, 1.54) is 18.7 Å². The van der Waals surface area contributed by atoms with Crippen LogP contribution >= 0.6 is 0 Å². The maximum absolute atomic E-state index is 11.0. The number of imidazole rings is 1. The van der Waals surface area contributed by atoms with E-state index in [0.29, 0.717) is 6.42 Å². The molecule has 0 radical (unpaired) electrons. The fourth-order valence-corrected chi connectivity index (χ4v) is 1.63. The Balaban J connectivity index is 0.00000144.